The average molecular weight is 777 g/mol. The van der Waals surface area contributed by atoms with Crippen molar-refractivity contribution < 1.29 is 0 Å². The lowest BCUT2D eigenvalue weighted by atomic mass is 9.74. The normalized spacial score (nSPS) is 12.5. The molecule has 0 fully saturated rings. The molecule has 2 aromatic heterocycles. The SMILES string of the molecule is CCC(C)(C)c1ccc(-c2c(-c3ccc(C(C)(C)C)cc3)c(-c3cnccn3)c(-c3ccc(C(C)(C)C)cc3)c(-c3ccc(C(C)(C)C)cc3)c2-c2cnccn2)cc1. The molecule has 0 N–H and O–H groups in total. The molecule has 4 heteroatoms. The van der Waals surface area contributed by atoms with Gasteiger partial charge in [-0.15, -0.1) is 0 Å². The van der Waals surface area contributed by atoms with Gasteiger partial charge in [0, 0.05) is 58.2 Å². The lowest BCUT2D eigenvalue weighted by Gasteiger charge is -2.29. The van der Waals surface area contributed by atoms with Gasteiger partial charge in [-0.1, -0.05) is 180 Å². The Morgan fingerprint density at radius 1 is 0.339 bits per heavy atom. The topological polar surface area (TPSA) is 51.6 Å². The monoisotopic (exact) mass is 776 g/mol. The zero-order valence-electron chi connectivity index (χ0n) is 37.2. The minimum absolute atomic E-state index is 0.00894. The molecule has 0 aliphatic heterocycles. The maximum Gasteiger partial charge on any atom is 0.0898 e. The maximum atomic E-state index is 5.12. The molecule has 0 atom stereocenters. The van der Waals surface area contributed by atoms with E-state index in [-0.39, 0.29) is 21.7 Å². The quantitative estimate of drug-likeness (QED) is 0.154. The second-order valence-corrected chi connectivity index (χ2v) is 19.7. The minimum Gasteiger partial charge on any atom is -0.261 e. The van der Waals surface area contributed by atoms with Crippen molar-refractivity contribution in [1.29, 1.82) is 0 Å². The van der Waals surface area contributed by atoms with Crippen LogP contribution < -0.4 is 0 Å². The van der Waals surface area contributed by atoms with Crippen LogP contribution in [-0.2, 0) is 21.7 Å². The zero-order valence-corrected chi connectivity index (χ0v) is 37.2. The molecule has 0 bridgehead atoms. The van der Waals surface area contributed by atoms with E-state index >= 15 is 0 Å². The van der Waals surface area contributed by atoms with Gasteiger partial charge in [0.2, 0.25) is 0 Å². The number of nitrogens with zero attached hydrogens (tertiary/aromatic N) is 4. The van der Waals surface area contributed by atoms with Crippen LogP contribution >= 0.6 is 0 Å². The summed E-state index contributed by atoms with van der Waals surface area (Å²) in [6.45, 7) is 27.3. The summed E-state index contributed by atoms with van der Waals surface area (Å²) >= 11 is 0. The Kier molecular flexibility index (Phi) is 11.1. The van der Waals surface area contributed by atoms with Gasteiger partial charge >= 0.3 is 0 Å². The van der Waals surface area contributed by atoms with Crippen molar-refractivity contribution >= 4 is 0 Å². The summed E-state index contributed by atoms with van der Waals surface area (Å²) in [5.41, 5.74) is 17.5. The Bertz CT molecular complexity index is 2530. The van der Waals surface area contributed by atoms with E-state index in [0.717, 1.165) is 73.4 Å². The first kappa shape index (κ1) is 41.4. The summed E-state index contributed by atoms with van der Waals surface area (Å²) < 4.78 is 0. The highest BCUT2D eigenvalue weighted by molar-refractivity contribution is 6.14. The summed E-state index contributed by atoms with van der Waals surface area (Å²) in [6.07, 6.45) is 12.0. The predicted octanol–water partition coefficient (Wildman–Crippen LogP) is 14.8. The Hall–Kier alpha value is -5.74. The Labute approximate surface area is 353 Å². The number of hydrogen-bond acceptors (Lipinski definition) is 4. The van der Waals surface area contributed by atoms with Crippen LogP contribution in [0.25, 0.3) is 67.0 Å². The van der Waals surface area contributed by atoms with Crippen LogP contribution in [0.5, 0.6) is 0 Å². The Morgan fingerprint density at radius 2 is 0.610 bits per heavy atom. The highest BCUT2D eigenvalue weighted by atomic mass is 14.8. The van der Waals surface area contributed by atoms with Crippen molar-refractivity contribution in [3.63, 3.8) is 0 Å². The van der Waals surface area contributed by atoms with Crippen molar-refractivity contribution in [2.45, 2.75) is 111 Å². The highest BCUT2D eigenvalue weighted by Crippen LogP contribution is 2.55. The third-order valence-corrected chi connectivity index (χ3v) is 12.1. The molecule has 0 radical (unpaired) electrons. The molecule has 0 unspecified atom stereocenters. The molecule has 0 amide bonds. The van der Waals surface area contributed by atoms with Crippen LogP contribution in [0.2, 0.25) is 0 Å². The molecule has 4 nitrogen and oxygen atoms in total. The third kappa shape index (κ3) is 8.41. The molecule has 7 rings (SSSR count). The van der Waals surface area contributed by atoms with E-state index in [9.17, 15) is 0 Å². The lowest BCUT2D eigenvalue weighted by Crippen LogP contribution is -2.15. The van der Waals surface area contributed by atoms with Crippen molar-refractivity contribution in [1.82, 2.24) is 19.9 Å². The van der Waals surface area contributed by atoms with Gasteiger partial charge in [-0.25, -0.2) is 0 Å². The van der Waals surface area contributed by atoms with Crippen molar-refractivity contribution in [2.24, 2.45) is 0 Å². The maximum absolute atomic E-state index is 5.12. The smallest absolute Gasteiger partial charge is 0.0898 e. The van der Waals surface area contributed by atoms with Gasteiger partial charge in [0.25, 0.3) is 0 Å². The largest absolute Gasteiger partial charge is 0.261 e. The second-order valence-electron chi connectivity index (χ2n) is 19.7. The number of hydrogen-bond donors (Lipinski definition) is 0. The van der Waals surface area contributed by atoms with Gasteiger partial charge in [0.05, 0.1) is 23.8 Å². The molecule has 2 heterocycles. The van der Waals surface area contributed by atoms with Crippen LogP contribution in [-0.4, -0.2) is 19.9 Å². The molecule has 59 heavy (non-hydrogen) atoms. The van der Waals surface area contributed by atoms with Gasteiger partial charge in [0.1, 0.15) is 0 Å². The fourth-order valence-corrected chi connectivity index (χ4v) is 7.98. The lowest BCUT2D eigenvalue weighted by molar-refractivity contribution is 0.506. The van der Waals surface area contributed by atoms with Crippen LogP contribution in [0, 0.1) is 0 Å². The van der Waals surface area contributed by atoms with Crippen molar-refractivity contribution in [3.05, 3.63) is 156 Å². The molecular weight excluding hydrogens is 717 g/mol. The Balaban J connectivity index is 1.76. The first-order valence-electron chi connectivity index (χ1n) is 21.1. The van der Waals surface area contributed by atoms with Crippen LogP contribution in [0.15, 0.2) is 134 Å². The highest BCUT2D eigenvalue weighted by Gasteiger charge is 2.31. The molecule has 5 aromatic carbocycles. The molecule has 0 aliphatic carbocycles. The summed E-state index contributed by atoms with van der Waals surface area (Å²) in [4.78, 5) is 19.7. The van der Waals surface area contributed by atoms with Gasteiger partial charge in [-0.2, -0.15) is 0 Å². The molecule has 0 saturated carbocycles. The molecule has 0 aliphatic rings. The van der Waals surface area contributed by atoms with E-state index in [1.807, 2.05) is 24.8 Å². The number of rotatable bonds is 8. The van der Waals surface area contributed by atoms with Crippen LogP contribution in [0.4, 0.5) is 0 Å². The summed E-state index contributed by atoms with van der Waals surface area (Å²) in [7, 11) is 0. The van der Waals surface area contributed by atoms with E-state index < -0.39 is 0 Å². The summed E-state index contributed by atoms with van der Waals surface area (Å²) in [5.74, 6) is 0. The van der Waals surface area contributed by atoms with Crippen molar-refractivity contribution in [3.8, 4) is 67.0 Å². The molecule has 0 spiro atoms. The van der Waals surface area contributed by atoms with Crippen LogP contribution in [0.1, 0.15) is 112 Å². The summed E-state index contributed by atoms with van der Waals surface area (Å²) in [6, 6.07) is 36.7. The fourth-order valence-electron chi connectivity index (χ4n) is 7.98. The molecular formula is C55H60N4. The number of aromatic nitrogens is 4. The van der Waals surface area contributed by atoms with Crippen LogP contribution in [0.3, 0.4) is 0 Å². The average Bonchev–Trinajstić information content (AvgIpc) is 3.22. The van der Waals surface area contributed by atoms with Gasteiger partial charge < -0.3 is 0 Å². The first-order chi connectivity index (χ1) is 27.9. The van der Waals surface area contributed by atoms with E-state index in [1.165, 1.54) is 22.3 Å². The van der Waals surface area contributed by atoms with Gasteiger partial charge in [-0.05, 0) is 72.6 Å². The van der Waals surface area contributed by atoms with E-state index in [2.05, 4.69) is 180 Å². The van der Waals surface area contributed by atoms with Gasteiger partial charge in [-0.3, -0.25) is 19.9 Å². The number of benzene rings is 5. The standard InChI is InChI=1S/C55H60N4/c1-13-55(11,12)43-28-20-39(21-29-43)49-48(38-18-26-42(27-19-38)54(8,9)10)50(44-34-56-30-32-58-44)46(36-14-22-40(23-15-36)52(2,3)4)47(51(49)45-35-57-31-33-59-45)37-16-24-41(25-17-37)53(5,6)7/h14-35H,13H2,1-12H3. The predicted molar refractivity (Wildman–Crippen MR) is 250 cm³/mol. The molecule has 0 saturated heterocycles. The second kappa shape index (κ2) is 15.8. The minimum atomic E-state index is -0.00910. The molecule has 300 valence electrons. The zero-order chi connectivity index (χ0) is 42.3. The molecule has 7 aromatic rings. The summed E-state index contributed by atoms with van der Waals surface area (Å²) in [5, 5.41) is 0. The van der Waals surface area contributed by atoms with E-state index in [4.69, 9.17) is 19.9 Å². The van der Waals surface area contributed by atoms with Gasteiger partial charge in [0.15, 0.2) is 0 Å². The fraction of sp³-hybridized carbons (Fsp3) is 0.309. The van der Waals surface area contributed by atoms with E-state index in [0.29, 0.717) is 0 Å². The third-order valence-electron chi connectivity index (χ3n) is 12.1. The van der Waals surface area contributed by atoms with E-state index in [1.54, 1.807) is 12.4 Å². The Morgan fingerprint density at radius 3 is 0.831 bits per heavy atom. The van der Waals surface area contributed by atoms with Crippen molar-refractivity contribution in [2.75, 3.05) is 0 Å². The first-order valence-corrected chi connectivity index (χ1v) is 21.1.